The van der Waals surface area contributed by atoms with Crippen molar-refractivity contribution >= 4 is 11.6 Å². The maximum atomic E-state index is 11.4. The van der Waals surface area contributed by atoms with Gasteiger partial charge in [-0.3, -0.25) is 4.79 Å². The number of fused-ring (bicyclic) bond motifs is 1. The molecular formula is C17H18N2O2. The summed E-state index contributed by atoms with van der Waals surface area (Å²) in [7, 11) is 0. The van der Waals surface area contributed by atoms with Crippen LogP contribution in [0.25, 0.3) is 0 Å². The van der Waals surface area contributed by atoms with Crippen molar-refractivity contribution in [3.05, 3.63) is 59.2 Å². The van der Waals surface area contributed by atoms with E-state index in [-0.39, 0.29) is 6.10 Å². The monoisotopic (exact) mass is 282 g/mol. The summed E-state index contributed by atoms with van der Waals surface area (Å²) in [4.78, 5) is 11.4. The molecule has 0 spiro atoms. The van der Waals surface area contributed by atoms with Crippen LogP contribution < -0.4 is 16.2 Å². The number of carbonyl (C=O) groups is 1. The predicted octanol–water partition coefficient (Wildman–Crippen LogP) is 2.82. The maximum absolute atomic E-state index is 11.4. The Labute approximate surface area is 123 Å². The Morgan fingerprint density at radius 2 is 1.95 bits per heavy atom. The molecule has 1 atom stereocenters. The molecule has 4 N–H and O–H groups in total. The number of nitrogen functional groups attached to an aromatic ring is 1. The Balaban J connectivity index is 1.92. The lowest BCUT2D eigenvalue weighted by Gasteiger charge is -2.27. The average Bonchev–Trinajstić information content (AvgIpc) is 2.49. The van der Waals surface area contributed by atoms with Crippen molar-refractivity contribution in [1.29, 1.82) is 0 Å². The molecule has 0 saturated heterocycles. The molecule has 1 aliphatic rings. The Kier molecular flexibility index (Phi) is 3.52. The molecule has 2 aromatic carbocycles. The smallest absolute Gasteiger partial charge is 0.250 e. The number of para-hydroxylation sites is 1. The maximum Gasteiger partial charge on any atom is 0.250 e. The van der Waals surface area contributed by atoms with Gasteiger partial charge in [-0.15, -0.1) is 0 Å². The third-order valence-corrected chi connectivity index (χ3v) is 3.92. The quantitative estimate of drug-likeness (QED) is 0.850. The Morgan fingerprint density at radius 1 is 1.14 bits per heavy atom. The van der Waals surface area contributed by atoms with Gasteiger partial charge in [-0.1, -0.05) is 30.3 Å². The molecule has 3 rings (SSSR count). The van der Waals surface area contributed by atoms with Gasteiger partial charge < -0.3 is 16.2 Å². The van der Waals surface area contributed by atoms with Crippen LogP contribution in [0.5, 0.6) is 5.75 Å². The molecule has 0 saturated carbocycles. The highest BCUT2D eigenvalue weighted by atomic mass is 16.5. The SMILES string of the molecule is NC(=O)c1cccc(OC2CCCc3ccccc32)c1N. The van der Waals surface area contributed by atoms with Gasteiger partial charge in [-0.25, -0.2) is 0 Å². The van der Waals surface area contributed by atoms with Crippen LogP contribution in [0, 0.1) is 0 Å². The third kappa shape index (κ3) is 2.57. The Bertz CT molecular complexity index is 682. The van der Waals surface area contributed by atoms with E-state index in [1.807, 2.05) is 12.1 Å². The van der Waals surface area contributed by atoms with Crippen molar-refractivity contribution < 1.29 is 9.53 Å². The van der Waals surface area contributed by atoms with E-state index >= 15 is 0 Å². The zero-order chi connectivity index (χ0) is 14.8. The van der Waals surface area contributed by atoms with Crippen molar-refractivity contribution in [1.82, 2.24) is 0 Å². The van der Waals surface area contributed by atoms with Crippen LogP contribution in [0.15, 0.2) is 42.5 Å². The third-order valence-electron chi connectivity index (χ3n) is 3.92. The first-order valence-electron chi connectivity index (χ1n) is 7.09. The van der Waals surface area contributed by atoms with Crippen molar-refractivity contribution in [2.24, 2.45) is 5.73 Å². The summed E-state index contributed by atoms with van der Waals surface area (Å²) in [6.07, 6.45) is 3.07. The summed E-state index contributed by atoms with van der Waals surface area (Å²) < 4.78 is 6.07. The summed E-state index contributed by atoms with van der Waals surface area (Å²) in [5.74, 6) is -0.0185. The second-order valence-corrected chi connectivity index (χ2v) is 5.28. The fourth-order valence-electron chi connectivity index (χ4n) is 2.85. The molecule has 108 valence electrons. The van der Waals surface area contributed by atoms with Gasteiger partial charge in [0.1, 0.15) is 11.9 Å². The number of rotatable bonds is 3. The standard InChI is InChI=1S/C17H18N2O2/c18-16-13(17(19)20)8-4-10-15(16)21-14-9-3-6-11-5-1-2-7-12(11)14/h1-2,4-5,7-8,10,14H,3,6,9,18H2,(H2,19,20). The van der Waals surface area contributed by atoms with E-state index in [2.05, 4.69) is 12.1 Å². The molecule has 21 heavy (non-hydrogen) atoms. The number of hydrogen-bond acceptors (Lipinski definition) is 3. The zero-order valence-corrected chi connectivity index (χ0v) is 11.7. The molecule has 1 amide bonds. The van der Waals surface area contributed by atoms with Crippen LogP contribution in [0.3, 0.4) is 0 Å². The number of nitrogens with two attached hydrogens (primary N) is 2. The van der Waals surface area contributed by atoms with E-state index in [1.54, 1.807) is 18.2 Å². The number of primary amides is 1. The fourth-order valence-corrected chi connectivity index (χ4v) is 2.85. The highest BCUT2D eigenvalue weighted by Crippen LogP contribution is 2.36. The molecular weight excluding hydrogens is 264 g/mol. The van der Waals surface area contributed by atoms with Crippen LogP contribution in [-0.2, 0) is 6.42 Å². The van der Waals surface area contributed by atoms with E-state index in [0.717, 1.165) is 19.3 Å². The van der Waals surface area contributed by atoms with Gasteiger partial charge >= 0.3 is 0 Å². The molecule has 0 radical (unpaired) electrons. The van der Waals surface area contributed by atoms with Crippen LogP contribution in [-0.4, -0.2) is 5.91 Å². The second kappa shape index (κ2) is 5.48. The molecule has 4 heteroatoms. The first-order valence-corrected chi connectivity index (χ1v) is 7.09. The van der Waals surface area contributed by atoms with Crippen molar-refractivity contribution in [2.45, 2.75) is 25.4 Å². The summed E-state index contributed by atoms with van der Waals surface area (Å²) in [6, 6.07) is 13.4. The molecule has 1 aliphatic carbocycles. The summed E-state index contributed by atoms with van der Waals surface area (Å²) in [5.41, 5.74) is 14.4. The number of carbonyl (C=O) groups excluding carboxylic acids is 1. The van der Waals surface area contributed by atoms with Crippen molar-refractivity contribution in [3.8, 4) is 5.75 Å². The van der Waals surface area contributed by atoms with Gasteiger partial charge in [-0.2, -0.15) is 0 Å². The molecule has 0 heterocycles. The first kappa shape index (κ1) is 13.5. The lowest BCUT2D eigenvalue weighted by molar-refractivity contribution is 0.1000. The summed E-state index contributed by atoms with van der Waals surface area (Å²) in [5, 5.41) is 0. The lowest BCUT2D eigenvalue weighted by atomic mass is 9.89. The zero-order valence-electron chi connectivity index (χ0n) is 11.7. The minimum atomic E-state index is -0.540. The van der Waals surface area contributed by atoms with Gasteiger partial charge in [-0.05, 0) is 42.5 Å². The Hall–Kier alpha value is -2.49. The largest absolute Gasteiger partial charge is 0.484 e. The number of aryl methyl sites for hydroxylation is 1. The first-order chi connectivity index (χ1) is 10.2. The van der Waals surface area contributed by atoms with Gasteiger partial charge in [0.15, 0.2) is 0 Å². The topological polar surface area (TPSA) is 78.3 Å². The van der Waals surface area contributed by atoms with Gasteiger partial charge in [0.25, 0.3) is 5.91 Å². The average molecular weight is 282 g/mol. The molecule has 2 aromatic rings. The number of anilines is 1. The lowest BCUT2D eigenvalue weighted by Crippen LogP contribution is -2.17. The fraction of sp³-hybridized carbons (Fsp3) is 0.235. The van der Waals surface area contributed by atoms with Crippen LogP contribution in [0.4, 0.5) is 5.69 Å². The highest BCUT2D eigenvalue weighted by molar-refractivity contribution is 5.99. The van der Waals surface area contributed by atoms with E-state index in [1.165, 1.54) is 11.1 Å². The van der Waals surface area contributed by atoms with Gasteiger partial charge in [0, 0.05) is 0 Å². The number of hydrogen-bond donors (Lipinski definition) is 2. The van der Waals surface area contributed by atoms with E-state index in [0.29, 0.717) is 17.0 Å². The van der Waals surface area contributed by atoms with E-state index in [4.69, 9.17) is 16.2 Å². The van der Waals surface area contributed by atoms with Crippen LogP contribution in [0.1, 0.15) is 40.4 Å². The molecule has 0 aromatic heterocycles. The van der Waals surface area contributed by atoms with Gasteiger partial charge in [0.05, 0.1) is 11.3 Å². The predicted molar refractivity (Wildman–Crippen MR) is 82.1 cm³/mol. The number of ether oxygens (including phenoxy) is 1. The molecule has 0 bridgehead atoms. The normalized spacial score (nSPS) is 17.0. The minimum Gasteiger partial charge on any atom is -0.484 e. The van der Waals surface area contributed by atoms with Crippen molar-refractivity contribution in [3.63, 3.8) is 0 Å². The minimum absolute atomic E-state index is 0.0274. The molecule has 0 aliphatic heterocycles. The van der Waals surface area contributed by atoms with Gasteiger partial charge in [0.2, 0.25) is 0 Å². The van der Waals surface area contributed by atoms with Crippen LogP contribution >= 0.6 is 0 Å². The second-order valence-electron chi connectivity index (χ2n) is 5.28. The Morgan fingerprint density at radius 3 is 2.76 bits per heavy atom. The number of amides is 1. The molecule has 0 fully saturated rings. The summed E-state index contributed by atoms with van der Waals surface area (Å²) >= 11 is 0. The van der Waals surface area contributed by atoms with Crippen molar-refractivity contribution in [2.75, 3.05) is 5.73 Å². The number of benzene rings is 2. The highest BCUT2D eigenvalue weighted by Gasteiger charge is 2.22. The van der Waals surface area contributed by atoms with E-state index < -0.39 is 5.91 Å². The summed E-state index contributed by atoms with van der Waals surface area (Å²) in [6.45, 7) is 0. The molecule has 1 unspecified atom stereocenters. The molecule has 4 nitrogen and oxygen atoms in total. The van der Waals surface area contributed by atoms with E-state index in [9.17, 15) is 4.79 Å². The van der Waals surface area contributed by atoms with Crippen LogP contribution in [0.2, 0.25) is 0 Å².